The zero-order valence-electron chi connectivity index (χ0n) is 10.9. The van der Waals surface area contributed by atoms with Gasteiger partial charge in [-0.05, 0) is 28.1 Å². The molecule has 0 aliphatic heterocycles. The maximum atomic E-state index is 13.2. The number of benzene rings is 1. The Morgan fingerprint density at radius 2 is 2.33 bits per heavy atom. The number of anilines is 1. The molecule has 0 saturated heterocycles. The molecule has 1 N–H and O–H groups in total. The first kappa shape index (κ1) is 14.6. The summed E-state index contributed by atoms with van der Waals surface area (Å²) in [7, 11) is 1.58. The number of halogens is 3. The SMILES string of the molecule is COc1nc2sccn2c1CNc1c(Cl)cc(F)cc1Br. The Kier molecular flexibility index (Phi) is 4.05. The molecule has 3 rings (SSSR count). The van der Waals surface area contributed by atoms with Crippen LogP contribution in [0.15, 0.2) is 28.2 Å². The molecule has 110 valence electrons. The van der Waals surface area contributed by atoms with Gasteiger partial charge in [0.1, 0.15) is 11.5 Å². The molecule has 0 atom stereocenters. The largest absolute Gasteiger partial charge is 0.480 e. The Hall–Kier alpha value is -1.31. The fourth-order valence-electron chi connectivity index (χ4n) is 2.02. The molecule has 2 aromatic heterocycles. The minimum absolute atomic E-state index is 0.312. The van der Waals surface area contributed by atoms with Gasteiger partial charge in [0.2, 0.25) is 5.88 Å². The summed E-state index contributed by atoms with van der Waals surface area (Å²) in [6.07, 6.45) is 1.92. The maximum Gasteiger partial charge on any atom is 0.238 e. The van der Waals surface area contributed by atoms with Gasteiger partial charge in [0.15, 0.2) is 4.96 Å². The lowest BCUT2D eigenvalue weighted by atomic mass is 10.3. The highest BCUT2D eigenvalue weighted by Crippen LogP contribution is 2.33. The highest BCUT2D eigenvalue weighted by atomic mass is 79.9. The van der Waals surface area contributed by atoms with E-state index in [0.29, 0.717) is 27.6 Å². The van der Waals surface area contributed by atoms with Gasteiger partial charge >= 0.3 is 0 Å². The number of nitrogens with zero attached hydrogens (tertiary/aromatic N) is 2. The van der Waals surface area contributed by atoms with Crippen LogP contribution in [0.1, 0.15) is 5.69 Å². The first-order valence-electron chi connectivity index (χ1n) is 5.97. The van der Waals surface area contributed by atoms with E-state index in [-0.39, 0.29) is 5.82 Å². The Labute approximate surface area is 137 Å². The van der Waals surface area contributed by atoms with Crippen molar-refractivity contribution in [3.8, 4) is 5.88 Å². The van der Waals surface area contributed by atoms with E-state index in [4.69, 9.17) is 16.3 Å². The summed E-state index contributed by atoms with van der Waals surface area (Å²) in [5.74, 6) is 0.170. The number of imidazole rings is 1. The Balaban J connectivity index is 1.91. The lowest BCUT2D eigenvalue weighted by Gasteiger charge is -2.11. The molecular formula is C13H10BrClFN3OS. The predicted molar refractivity (Wildman–Crippen MR) is 86.1 cm³/mol. The van der Waals surface area contributed by atoms with Crippen molar-refractivity contribution < 1.29 is 9.13 Å². The molecule has 0 saturated carbocycles. The van der Waals surface area contributed by atoms with Crippen molar-refractivity contribution in [2.75, 3.05) is 12.4 Å². The molecule has 0 amide bonds. The highest BCUT2D eigenvalue weighted by Gasteiger charge is 2.15. The number of hydrogen-bond donors (Lipinski definition) is 1. The quantitative estimate of drug-likeness (QED) is 0.709. The summed E-state index contributed by atoms with van der Waals surface area (Å²) < 4.78 is 21.0. The number of ether oxygens (including phenoxy) is 1. The van der Waals surface area contributed by atoms with Crippen molar-refractivity contribution in [3.05, 3.63) is 44.7 Å². The smallest absolute Gasteiger partial charge is 0.238 e. The number of methoxy groups -OCH3 is 1. The molecule has 2 heterocycles. The first-order valence-corrected chi connectivity index (χ1v) is 8.02. The summed E-state index contributed by atoms with van der Waals surface area (Å²) in [5.41, 5.74) is 1.51. The topological polar surface area (TPSA) is 38.6 Å². The van der Waals surface area contributed by atoms with Crippen LogP contribution in [0.3, 0.4) is 0 Å². The van der Waals surface area contributed by atoms with Gasteiger partial charge in [0.25, 0.3) is 0 Å². The van der Waals surface area contributed by atoms with E-state index in [1.165, 1.54) is 23.5 Å². The van der Waals surface area contributed by atoms with Crippen LogP contribution < -0.4 is 10.1 Å². The van der Waals surface area contributed by atoms with Crippen LogP contribution in [-0.2, 0) is 6.54 Å². The highest BCUT2D eigenvalue weighted by molar-refractivity contribution is 9.10. The molecule has 0 bridgehead atoms. The van der Waals surface area contributed by atoms with E-state index in [0.717, 1.165) is 10.7 Å². The number of aromatic nitrogens is 2. The second kappa shape index (κ2) is 5.82. The van der Waals surface area contributed by atoms with Crippen LogP contribution in [0, 0.1) is 5.82 Å². The van der Waals surface area contributed by atoms with Crippen molar-refractivity contribution in [1.82, 2.24) is 9.38 Å². The van der Waals surface area contributed by atoms with E-state index in [1.54, 1.807) is 7.11 Å². The van der Waals surface area contributed by atoms with Gasteiger partial charge in [-0.25, -0.2) is 4.39 Å². The third-order valence-electron chi connectivity index (χ3n) is 2.96. The van der Waals surface area contributed by atoms with Crippen molar-refractivity contribution in [2.24, 2.45) is 0 Å². The summed E-state index contributed by atoms with van der Waals surface area (Å²) in [6, 6.07) is 2.63. The molecule has 0 unspecified atom stereocenters. The molecule has 0 fully saturated rings. The maximum absolute atomic E-state index is 13.2. The van der Waals surface area contributed by atoms with Crippen molar-refractivity contribution in [3.63, 3.8) is 0 Å². The van der Waals surface area contributed by atoms with Gasteiger partial charge in [0, 0.05) is 16.0 Å². The minimum atomic E-state index is -0.389. The van der Waals surface area contributed by atoms with Crippen molar-refractivity contribution in [2.45, 2.75) is 6.54 Å². The Bertz CT molecular complexity index is 781. The van der Waals surface area contributed by atoms with Crippen LogP contribution in [0.5, 0.6) is 5.88 Å². The molecule has 0 aliphatic carbocycles. The molecule has 21 heavy (non-hydrogen) atoms. The van der Waals surface area contributed by atoms with Crippen LogP contribution in [-0.4, -0.2) is 16.5 Å². The number of thiazole rings is 1. The van der Waals surface area contributed by atoms with Crippen molar-refractivity contribution in [1.29, 1.82) is 0 Å². The summed E-state index contributed by atoms with van der Waals surface area (Å²) in [5, 5.41) is 5.45. The Morgan fingerprint density at radius 3 is 3.05 bits per heavy atom. The number of fused-ring (bicyclic) bond motifs is 1. The molecule has 1 aromatic carbocycles. The van der Waals surface area contributed by atoms with Gasteiger partial charge in [-0.2, -0.15) is 4.98 Å². The predicted octanol–water partition coefficient (Wildman–Crippen LogP) is 4.57. The van der Waals surface area contributed by atoms with Crippen LogP contribution in [0.25, 0.3) is 4.96 Å². The number of rotatable bonds is 4. The average molecular weight is 391 g/mol. The van der Waals surface area contributed by atoms with Gasteiger partial charge < -0.3 is 10.1 Å². The summed E-state index contributed by atoms with van der Waals surface area (Å²) in [6.45, 7) is 0.449. The molecular weight excluding hydrogens is 381 g/mol. The third-order valence-corrected chi connectivity index (χ3v) is 4.64. The zero-order valence-corrected chi connectivity index (χ0v) is 14.0. The van der Waals surface area contributed by atoms with E-state index in [2.05, 4.69) is 26.2 Å². The van der Waals surface area contributed by atoms with Gasteiger partial charge in [0.05, 0.1) is 24.4 Å². The summed E-state index contributed by atoms with van der Waals surface area (Å²) in [4.78, 5) is 5.23. The van der Waals surface area contributed by atoms with Gasteiger partial charge in [-0.15, -0.1) is 11.3 Å². The second-order valence-electron chi connectivity index (χ2n) is 4.22. The van der Waals surface area contributed by atoms with Crippen LogP contribution in [0.2, 0.25) is 5.02 Å². The molecule has 3 aromatic rings. The standard InChI is InChI=1S/C13H10BrClFN3OS/c1-20-12-10(19-2-3-21-13(19)18-12)6-17-11-8(14)4-7(16)5-9(11)15/h2-5,17H,6H2,1H3. The molecule has 0 radical (unpaired) electrons. The third kappa shape index (κ3) is 2.73. The van der Waals surface area contributed by atoms with Crippen LogP contribution >= 0.6 is 38.9 Å². The van der Waals surface area contributed by atoms with Gasteiger partial charge in [-0.3, -0.25) is 4.40 Å². The normalized spacial score (nSPS) is 11.0. The van der Waals surface area contributed by atoms with Gasteiger partial charge in [-0.1, -0.05) is 11.6 Å². The fraction of sp³-hybridized carbons (Fsp3) is 0.154. The average Bonchev–Trinajstić information content (AvgIpc) is 2.98. The lowest BCUT2D eigenvalue weighted by Crippen LogP contribution is -2.05. The minimum Gasteiger partial charge on any atom is -0.480 e. The van der Waals surface area contributed by atoms with Crippen LogP contribution in [0.4, 0.5) is 10.1 Å². The first-order chi connectivity index (χ1) is 10.1. The number of hydrogen-bond acceptors (Lipinski definition) is 4. The van der Waals surface area contributed by atoms with E-state index in [1.807, 2.05) is 16.0 Å². The zero-order chi connectivity index (χ0) is 15.0. The summed E-state index contributed by atoms with van der Waals surface area (Å²) >= 11 is 10.9. The molecule has 0 spiro atoms. The van der Waals surface area contributed by atoms with Crippen molar-refractivity contribution >= 4 is 49.5 Å². The van der Waals surface area contributed by atoms with E-state index >= 15 is 0 Å². The Morgan fingerprint density at radius 1 is 1.52 bits per heavy atom. The lowest BCUT2D eigenvalue weighted by molar-refractivity contribution is 0.395. The second-order valence-corrected chi connectivity index (χ2v) is 6.36. The van der Waals surface area contributed by atoms with E-state index in [9.17, 15) is 4.39 Å². The molecule has 4 nitrogen and oxygen atoms in total. The molecule has 8 heteroatoms. The molecule has 0 aliphatic rings. The van der Waals surface area contributed by atoms with E-state index < -0.39 is 0 Å². The fourth-order valence-corrected chi connectivity index (χ4v) is 3.70. The number of nitrogens with one attached hydrogen (secondary N) is 1. The monoisotopic (exact) mass is 389 g/mol.